The summed E-state index contributed by atoms with van der Waals surface area (Å²) in [6.07, 6.45) is 11.3. The van der Waals surface area contributed by atoms with Crippen molar-refractivity contribution >= 4 is 24.8 Å². The second-order valence-corrected chi connectivity index (χ2v) is 4.93. The Kier molecular flexibility index (Phi) is 11.4. The van der Waals surface area contributed by atoms with E-state index in [1.807, 2.05) is 0 Å². The molecule has 2 heteroatoms. The van der Waals surface area contributed by atoms with Gasteiger partial charge in [0.1, 0.15) is 0 Å². The predicted molar refractivity (Wildman–Crippen MR) is 83.4 cm³/mol. The van der Waals surface area contributed by atoms with Crippen LogP contribution in [-0.2, 0) is 0 Å². The van der Waals surface area contributed by atoms with Gasteiger partial charge in [-0.1, -0.05) is 52.7 Å². The maximum absolute atomic E-state index is 2.45. The first kappa shape index (κ1) is 19.4. The molecule has 0 nitrogen and oxygen atoms in total. The Balaban J connectivity index is 0. The van der Waals surface area contributed by atoms with Gasteiger partial charge in [-0.25, -0.2) is 0 Å². The van der Waals surface area contributed by atoms with E-state index in [0.717, 1.165) is 11.8 Å². The van der Waals surface area contributed by atoms with Crippen LogP contribution >= 0.6 is 24.8 Å². The highest BCUT2D eigenvalue weighted by atomic mass is 35.5. The quantitative estimate of drug-likeness (QED) is 0.562. The fourth-order valence-corrected chi connectivity index (χ4v) is 2.70. The number of allylic oxidation sites excluding steroid dienone is 4. The van der Waals surface area contributed by atoms with E-state index in [9.17, 15) is 0 Å². The van der Waals surface area contributed by atoms with Crippen molar-refractivity contribution in [2.75, 3.05) is 0 Å². The van der Waals surface area contributed by atoms with Crippen molar-refractivity contribution in [1.82, 2.24) is 0 Å². The molecule has 0 amide bonds. The third kappa shape index (κ3) is 5.48. The highest BCUT2D eigenvalue weighted by Gasteiger charge is 2.19. The van der Waals surface area contributed by atoms with Gasteiger partial charge < -0.3 is 0 Å². The van der Waals surface area contributed by atoms with Crippen LogP contribution in [-0.4, -0.2) is 0 Å². The second-order valence-electron chi connectivity index (χ2n) is 4.93. The predicted octanol–water partition coefficient (Wildman–Crippen LogP) is 5.96. The lowest BCUT2D eigenvalue weighted by molar-refractivity contribution is 0.558. The first-order valence-corrected chi connectivity index (χ1v) is 6.61. The minimum absolute atomic E-state index is 0. The van der Waals surface area contributed by atoms with Gasteiger partial charge in [0.05, 0.1) is 0 Å². The molecule has 2 unspecified atom stereocenters. The van der Waals surface area contributed by atoms with Crippen LogP contribution in [0.15, 0.2) is 23.3 Å². The summed E-state index contributed by atoms with van der Waals surface area (Å²) < 4.78 is 0. The van der Waals surface area contributed by atoms with Crippen LogP contribution in [0.1, 0.15) is 59.8 Å². The SMILES string of the molecule is CCCC(C)C1=CCC=C1C(C)CCC.Cl.Cl. The number of halogens is 2. The van der Waals surface area contributed by atoms with Crippen LogP contribution < -0.4 is 0 Å². The van der Waals surface area contributed by atoms with E-state index in [0.29, 0.717) is 0 Å². The minimum atomic E-state index is 0. The summed E-state index contributed by atoms with van der Waals surface area (Å²) in [5.41, 5.74) is 3.30. The molecule has 1 aliphatic carbocycles. The maximum Gasteiger partial charge on any atom is -0.0157 e. The lowest BCUT2D eigenvalue weighted by Gasteiger charge is -2.20. The molecule has 0 bridgehead atoms. The van der Waals surface area contributed by atoms with Crippen molar-refractivity contribution < 1.29 is 0 Å². The normalized spacial score (nSPS) is 17.4. The Morgan fingerprint density at radius 2 is 1.24 bits per heavy atom. The van der Waals surface area contributed by atoms with Crippen molar-refractivity contribution in [1.29, 1.82) is 0 Å². The first-order valence-electron chi connectivity index (χ1n) is 6.61. The molecule has 1 aliphatic rings. The lowest BCUT2D eigenvalue weighted by atomic mass is 9.85. The van der Waals surface area contributed by atoms with Crippen molar-refractivity contribution in [3.05, 3.63) is 23.3 Å². The van der Waals surface area contributed by atoms with Gasteiger partial charge in [-0.2, -0.15) is 0 Å². The van der Waals surface area contributed by atoms with Crippen LogP contribution in [0, 0.1) is 11.8 Å². The average Bonchev–Trinajstić information content (AvgIpc) is 2.66. The van der Waals surface area contributed by atoms with Gasteiger partial charge in [-0.15, -0.1) is 24.8 Å². The van der Waals surface area contributed by atoms with E-state index >= 15 is 0 Å². The van der Waals surface area contributed by atoms with Crippen molar-refractivity contribution in [3.8, 4) is 0 Å². The summed E-state index contributed by atoms with van der Waals surface area (Å²) in [5, 5.41) is 0. The third-order valence-corrected chi connectivity index (χ3v) is 3.51. The molecule has 0 saturated carbocycles. The first-order chi connectivity index (χ1) is 7.20. The molecule has 0 fully saturated rings. The van der Waals surface area contributed by atoms with Gasteiger partial charge in [-0.05, 0) is 42.2 Å². The van der Waals surface area contributed by atoms with Gasteiger partial charge >= 0.3 is 0 Å². The summed E-state index contributed by atoms with van der Waals surface area (Å²) in [7, 11) is 0. The summed E-state index contributed by atoms with van der Waals surface area (Å²) in [4.78, 5) is 0. The van der Waals surface area contributed by atoms with Gasteiger partial charge in [0.25, 0.3) is 0 Å². The molecule has 0 saturated heterocycles. The smallest absolute Gasteiger partial charge is 0.0157 e. The molecule has 0 aromatic carbocycles. The molecule has 0 heterocycles. The summed E-state index contributed by atoms with van der Waals surface area (Å²) in [6.45, 7) is 9.33. The Morgan fingerprint density at radius 1 is 0.882 bits per heavy atom. The summed E-state index contributed by atoms with van der Waals surface area (Å²) in [5.74, 6) is 1.53. The molecule has 0 aromatic heterocycles. The van der Waals surface area contributed by atoms with Crippen LogP contribution in [0.5, 0.6) is 0 Å². The number of hydrogen-bond donors (Lipinski definition) is 0. The molecule has 17 heavy (non-hydrogen) atoms. The van der Waals surface area contributed by atoms with E-state index < -0.39 is 0 Å². The molecule has 1 rings (SSSR count). The molecular formula is C15H28Cl2. The van der Waals surface area contributed by atoms with E-state index in [-0.39, 0.29) is 24.8 Å². The Morgan fingerprint density at radius 3 is 1.53 bits per heavy atom. The summed E-state index contributed by atoms with van der Waals surface area (Å²) >= 11 is 0. The number of hydrogen-bond acceptors (Lipinski definition) is 0. The summed E-state index contributed by atoms with van der Waals surface area (Å²) in [6, 6.07) is 0. The fraction of sp³-hybridized carbons (Fsp3) is 0.733. The second kappa shape index (κ2) is 10.0. The fourth-order valence-electron chi connectivity index (χ4n) is 2.70. The lowest BCUT2D eigenvalue weighted by Crippen LogP contribution is -2.06. The van der Waals surface area contributed by atoms with Crippen LogP contribution in [0.3, 0.4) is 0 Å². The molecule has 0 spiro atoms. The van der Waals surface area contributed by atoms with Gasteiger partial charge in [-0.3, -0.25) is 0 Å². The topological polar surface area (TPSA) is 0 Å². The monoisotopic (exact) mass is 278 g/mol. The Hall–Kier alpha value is 0.0600. The number of rotatable bonds is 6. The van der Waals surface area contributed by atoms with E-state index in [1.165, 1.54) is 32.1 Å². The molecular weight excluding hydrogens is 251 g/mol. The van der Waals surface area contributed by atoms with Gasteiger partial charge in [0.2, 0.25) is 0 Å². The zero-order valence-corrected chi connectivity index (χ0v) is 13.3. The third-order valence-electron chi connectivity index (χ3n) is 3.51. The average molecular weight is 279 g/mol. The van der Waals surface area contributed by atoms with Crippen LogP contribution in [0.25, 0.3) is 0 Å². The molecule has 0 radical (unpaired) electrons. The molecule has 0 aliphatic heterocycles. The molecule has 102 valence electrons. The molecule has 0 N–H and O–H groups in total. The van der Waals surface area contributed by atoms with Crippen molar-refractivity contribution in [2.45, 2.75) is 59.8 Å². The minimum Gasteiger partial charge on any atom is -0.147 e. The van der Waals surface area contributed by atoms with E-state index in [2.05, 4.69) is 39.8 Å². The molecule has 0 aromatic rings. The Labute approximate surface area is 120 Å². The highest BCUT2D eigenvalue weighted by molar-refractivity contribution is 5.85. The van der Waals surface area contributed by atoms with Crippen LogP contribution in [0.2, 0.25) is 0 Å². The van der Waals surface area contributed by atoms with Crippen molar-refractivity contribution in [2.24, 2.45) is 11.8 Å². The van der Waals surface area contributed by atoms with Gasteiger partial charge in [0, 0.05) is 0 Å². The zero-order chi connectivity index (χ0) is 11.3. The molecule has 2 atom stereocenters. The van der Waals surface area contributed by atoms with Crippen molar-refractivity contribution in [3.63, 3.8) is 0 Å². The van der Waals surface area contributed by atoms with E-state index in [1.54, 1.807) is 11.1 Å². The Bertz CT molecular complexity index is 228. The zero-order valence-electron chi connectivity index (χ0n) is 11.7. The van der Waals surface area contributed by atoms with E-state index in [4.69, 9.17) is 0 Å². The standard InChI is InChI=1S/C15H26.2ClH/c1-5-8-12(3)14-10-7-11-15(14)13(4)9-6-2;;/h10-13H,5-9H2,1-4H3;2*1H. The van der Waals surface area contributed by atoms with Gasteiger partial charge in [0.15, 0.2) is 0 Å². The van der Waals surface area contributed by atoms with Crippen LogP contribution in [0.4, 0.5) is 0 Å². The largest absolute Gasteiger partial charge is 0.147 e. The highest BCUT2D eigenvalue weighted by Crippen LogP contribution is 2.35. The maximum atomic E-state index is 2.45.